The van der Waals surface area contributed by atoms with E-state index in [1.54, 1.807) is 0 Å². The molecule has 1 heterocycles. The molecule has 0 aliphatic carbocycles. The number of benzene rings is 1. The largest absolute Gasteiger partial charge is 0.480 e. The second kappa shape index (κ2) is 6.97. The van der Waals surface area contributed by atoms with Crippen LogP contribution in [0.2, 0.25) is 0 Å². The molecule has 1 aliphatic rings. The number of carboxylic acid groups (broad SMARTS) is 1. The van der Waals surface area contributed by atoms with Gasteiger partial charge in [0.2, 0.25) is 0 Å². The number of carboxylic acids is 1. The Morgan fingerprint density at radius 2 is 1.76 bits per heavy atom. The van der Waals surface area contributed by atoms with Crippen LogP contribution in [-0.4, -0.2) is 36.2 Å². The van der Waals surface area contributed by atoms with Gasteiger partial charge in [0.05, 0.1) is 0 Å². The van der Waals surface area contributed by atoms with Gasteiger partial charge in [-0.05, 0) is 50.5 Å². The van der Waals surface area contributed by atoms with Crippen molar-refractivity contribution in [2.45, 2.75) is 32.2 Å². The molecule has 6 heteroatoms. The molecule has 1 aromatic rings. The summed E-state index contributed by atoms with van der Waals surface area (Å²) in [7, 11) is 0. The first-order valence-corrected chi connectivity index (χ1v) is 7.21. The Labute approximate surface area is 124 Å². The Kier molecular flexibility index (Phi) is 5.03. The fraction of sp³-hybridized carbons (Fsp3) is 0.467. The van der Waals surface area contributed by atoms with E-state index in [4.69, 9.17) is 5.11 Å². The van der Waals surface area contributed by atoms with Gasteiger partial charge in [-0.15, -0.1) is 0 Å². The highest BCUT2D eigenvalue weighted by Gasteiger charge is 2.14. The van der Waals surface area contributed by atoms with E-state index in [9.17, 15) is 9.59 Å². The zero-order valence-electron chi connectivity index (χ0n) is 12.1. The molecule has 0 radical (unpaired) electrons. The Hall–Kier alpha value is -2.24. The van der Waals surface area contributed by atoms with Crippen molar-refractivity contribution < 1.29 is 14.7 Å². The number of rotatable bonds is 4. The van der Waals surface area contributed by atoms with E-state index < -0.39 is 18.0 Å². The van der Waals surface area contributed by atoms with E-state index in [0.717, 1.165) is 18.8 Å². The molecule has 1 saturated heterocycles. The second-order valence-corrected chi connectivity index (χ2v) is 5.25. The average Bonchev–Trinajstić information content (AvgIpc) is 2.48. The van der Waals surface area contributed by atoms with Crippen LogP contribution in [0.1, 0.15) is 26.2 Å². The van der Waals surface area contributed by atoms with Crippen LogP contribution in [0, 0.1) is 0 Å². The third-order valence-electron chi connectivity index (χ3n) is 3.56. The SMILES string of the molecule is C[C@@H](NC(=O)Nc1ccc(N2CCCCC2)cc1)C(=O)O. The Morgan fingerprint density at radius 3 is 2.33 bits per heavy atom. The van der Waals surface area contributed by atoms with Crippen LogP contribution in [-0.2, 0) is 4.79 Å². The maximum Gasteiger partial charge on any atom is 0.325 e. The Balaban J connectivity index is 1.89. The summed E-state index contributed by atoms with van der Waals surface area (Å²) in [4.78, 5) is 24.6. The number of hydrogen-bond acceptors (Lipinski definition) is 3. The normalized spacial score (nSPS) is 16.1. The Bertz CT molecular complexity index is 495. The smallest absolute Gasteiger partial charge is 0.325 e. The predicted molar refractivity (Wildman–Crippen MR) is 81.8 cm³/mol. The molecule has 0 bridgehead atoms. The number of piperidine rings is 1. The molecule has 1 aliphatic heterocycles. The fourth-order valence-electron chi connectivity index (χ4n) is 2.33. The number of anilines is 2. The summed E-state index contributed by atoms with van der Waals surface area (Å²) < 4.78 is 0. The van der Waals surface area contributed by atoms with Crippen molar-refractivity contribution in [1.82, 2.24) is 5.32 Å². The topological polar surface area (TPSA) is 81.7 Å². The molecule has 0 aromatic heterocycles. The third kappa shape index (κ3) is 4.37. The lowest BCUT2D eigenvalue weighted by molar-refractivity contribution is -0.138. The lowest BCUT2D eigenvalue weighted by Crippen LogP contribution is -2.40. The number of nitrogens with one attached hydrogen (secondary N) is 2. The minimum atomic E-state index is -1.06. The minimum absolute atomic E-state index is 0.518. The van der Waals surface area contributed by atoms with E-state index in [1.165, 1.54) is 26.2 Å². The van der Waals surface area contributed by atoms with Crippen LogP contribution >= 0.6 is 0 Å². The van der Waals surface area contributed by atoms with Gasteiger partial charge in [-0.2, -0.15) is 0 Å². The van der Waals surface area contributed by atoms with Gasteiger partial charge >= 0.3 is 12.0 Å². The molecule has 2 amide bonds. The molecule has 1 atom stereocenters. The summed E-state index contributed by atoms with van der Waals surface area (Å²) >= 11 is 0. The molecule has 114 valence electrons. The number of aliphatic carboxylic acids is 1. The maximum absolute atomic E-state index is 11.6. The van der Waals surface area contributed by atoms with Crippen LogP contribution in [0.3, 0.4) is 0 Å². The number of hydrogen-bond donors (Lipinski definition) is 3. The number of carbonyl (C=O) groups excluding carboxylic acids is 1. The van der Waals surface area contributed by atoms with Gasteiger partial charge in [-0.25, -0.2) is 4.79 Å². The van der Waals surface area contributed by atoms with E-state index in [1.807, 2.05) is 24.3 Å². The molecule has 0 saturated carbocycles. The molecule has 1 fully saturated rings. The van der Waals surface area contributed by atoms with Crippen LogP contribution in [0.5, 0.6) is 0 Å². The minimum Gasteiger partial charge on any atom is -0.480 e. The number of urea groups is 1. The van der Waals surface area contributed by atoms with Gasteiger partial charge < -0.3 is 20.6 Å². The molecule has 1 aromatic carbocycles. The van der Waals surface area contributed by atoms with Crippen molar-refractivity contribution in [3.63, 3.8) is 0 Å². The standard InChI is InChI=1S/C15H21N3O3/c1-11(14(19)20)16-15(21)17-12-5-7-13(8-6-12)18-9-3-2-4-10-18/h5-8,11H,2-4,9-10H2,1H3,(H,19,20)(H2,16,17,21)/t11-/m1/s1. The molecule has 6 nitrogen and oxygen atoms in total. The van der Waals surface area contributed by atoms with Crippen LogP contribution in [0.25, 0.3) is 0 Å². The van der Waals surface area contributed by atoms with E-state index in [2.05, 4.69) is 15.5 Å². The van der Waals surface area contributed by atoms with Gasteiger partial charge in [0.25, 0.3) is 0 Å². The number of nitrogens with zero attached hydrogens (tertiary/aromatic N) is 1. The molecular weight excluding hydrogens is 270 g/mol. The molecule has 3 N–H and O–H groups in total. The van der Waals surface area contributed by atoms with Crippen molar-refractivity contribution in [3.8, 4) is 0 Å². The van der Waals surface area contributed by atoms with E-state index in [0.29, 0.717) is 5.69 Å². The summed E-state index contributed by atoms with van der Waals surface area (Å²) in [5, 5.41) is 13.7. The maximum atomic E-state index is 11.6. The average molecular weight is 291 g/mol. The lowest BCUT2D eigenvalue weighted by Gasteiger charge is -2.28. The zero-order valence-corrected chi connectivity index (χ0v) is 12.1. The predicted octanol–water partition coefficient (Wildman–Crippen LogP) is 2.27. The van der Waals surface area contributed by atoms with Crippen LogP contribution in [0.15, 0.2) is 24.3 Å². The van der Waals surface area contributed by atoms with Crippen LogP contribution in [0.4, 0.5) is 16.2 Å². The molecule has 0 unspecified atom stereocenters. The van der Waals surface area contributed by atoms with Gasteiger partial charge in [0, 0.05) is 24.5 Å². The van der Waals surface area contributed by atoms with E-state index >= 15 is 0 Å². The number of carbonyl (C=O) groups is 2. The first-order chi connectivity index (χ1) is 10.1. The van der Waals surface area contributed by atoms with Crippen molar-refractivity contribution in [1.29, 1.82) is 0 Å². The van der Waals surface area contributed by atoms with Gasteiger partial charge in [0.15, 0.2) is 0 Å². The highest BCUT2D eigenvalue weighted by Crippen LogP contribution is 2.21. The first kappa shape index (κ1) is 15.2. The van der Waals surface area contributed by atoms with Crippen molar-refractivity contribution in [2.75, 3.05) is 23.3 Å². The first-order valence-electron chi connectivity index (χ1n) is 7.21. The number of amides is 2. The summed E-state index contributed by atoms with van der Waals surface area (Å²) in [6, 6.07) is 6.17. The highest BCUT2D eigenvalue weighted by molar-refractivity contribution is 5.92. The van der Waals surface area contributed by atoms with E-state index in [-0.39, 0.29) is 0 Å². The monoisotopic (exact) mass is 291 g/mol. The molecule has 0 spiro atoms. The fourth-order valence-corrected chi connectivity index (χ4v) is 2.33. The van der Waals surface area contributed by atoms with Crippen molar-refractivity contribution in [2.24, 2.45) is 0 Å². The van der Waals surface area contributed by atoms with Crippen LogP contribution < -0.4 is 15.5 Å². The second-order valence-electron chi connectivity index (χ2n) is 5.25. The van der Waals surface area contributed by atoms with Gasteiger partial charge in [-0.1, -0.05) is 0 Å². The molecular formula is C15H21N3O3. The molecule has 2 rings (SSSR count). The summed E-state index contributed by atoms with van der Waals surface area (Å²) in [6.07, 6.45) is 3.73. The molecule has 21 heavy (non-hydrogen) atoms. The quantitative estimate of drug-likeness (QED) is 0.795. The summed E-state index contributed by atoms with van der Waals surface area (Å²) in [6.45, 7) is 3.56. The summed E-state index contributed by atoms with van der Waals surface area (Å²) in [5.74, 6) is -1.06. The third-order valence-corrected chi connectivity index (χ3v) is 3.56. The van der Waals surface area contributed by atoms with Gasteiger partial charge in [-0.3, -0.25) is 4.79 Å². The Morgan fingerprint density at radius 1 is 1.14 bits per heavy atom. The summed E-state index contributed by atoms with van der Waals surface area (Å²) in [5.41, 5.74) is 1.80. The highest BCUT2D eigenvalue weighted by atomic mass is 16.4. The lowest BCUT2D eigenvalue weighted by atomic mass is 10.1. The van der Waals surface area contributed by atoms with Crippen molar-refractivity contribution >= 4 is 23.4 Å². The zero-order chi connectivity index (χ0) is 15.2. The van der Waals surface area contributed by atoms with Crippen molar-refractivity contribution in [3.05, 3.63) is 24.3 Å². The van der Waals surface area contributed by atoms with Gasteiger partial charge in [0.1, 0.15) is 6.04 Å².